The molecule has 4 fully saturated rings. The lowest BCUT2D eigenvalue weighted by atomic mass is 9.45. The van der Waals surface area contributed by atoms with E-state index in [9.17, 15) is 30.0 Å². The van der Waals surface area contributed by atoms with E-state index >= 15 is 0 Å². The van der Waals surface area contributed by atoms with E-state index in [0.717, 1.165) is 54.6 Å². The number of carbonyl (C=O) groups excluding carboxylic acids is 2. The first-order valence-corrected chi connectivity index (χ1v) is 20.0. The Hall–Kier alpha value is -1.43. The number of rotatable bonds is 3. The number of aromatic nitrogens is 2. The van der Waals surface area contributed by atoms with Gasteiger partial charge in [-0.1, -0.05) is 67.9 Å². The predicted octanol–water partition coefficient (Wildman–Crippen LogP) is 5.57. The number of fused-ring (bicyclic) bond motifs is 9. The number of hydrogen-bond donors (Lipinski definition) is 4. The van der Waals surface area contributed by atoms with Gasteiger partial charge in [0.2, 0.25) is 0 Å². The average molecular weight is 687 g/mol. The summed E-state index contributed by atoms with van der Waals surface area (Å²) < 4.78 is 2.16. The van der Waals surface area contributed by atoms with Crippen LogP contribution >= 0.6 is 21.6 Å². The minimum Gasteiger partial charge on any atom is -0.393 e. The van der Waals surface area contributed by atoms with E-state index in [1.54, 1.807) is 23.1 Å². The normalized spacial score (nSPS) is 46.5. The van der Waals surface area contributed by atoms with Crippen LogP contribution in [-0.2, 0) is 9.59 Å². The highest BCUT2D eigenvalue weighted by atomic mass is 33.1. The summed E-state index contributed by atoms with van der Waals surface area (Å²) in [6, 6.07) is 0.148. The third-order valence-corrected chi connectivity index (χ3v) is 16.2. The van der Waals surface area contributed by atoms with Crippen molar-refractivity contribution in [3.63, 3.8) is 0 Å². The van der Waals surface area contributed by atoms with E-state index in [-0.39, 0.29) is 53.3 Å². The summed E-state index contributed by atoms with van der Waals surface area (Å²) in [5, 5.41) is 46.7. The molecule has 1 aromatic rings. The second-order valence-electron chi connectivity index (χ2n) is 16.5. The van der Waals surface area contributed by atoms with Crippen molar-refractivity contribution in [3.05, 3.63) is 42.0 Å². The molecule has 3 saturated carbocycles. The lowest BCUT2D eigenvalue weighted by Gasteiger charge is -2.61. The van der Waals surface area contributed by atoms with E-state index in [1.807, 2.05) is 29.4 Å². The predicted molar refractivity (Wildman–Crippen MR) is 186 cm³/mol. The summed E-state index contributed by atoms with van der Waals surface area (Å²) in [6.45, 7) is 10.8. The molecule has 1 saturated heterocycles. The molecular weight excluding hydrogens is 633 g/mol. The standard InChI is InChI=1S/C37H54N2O6S2/c1-22-27-13-24(19-46-47-20-25(39-11-10-38-21-39)17-34(2,3)23(7-6-12-40)14-30(22)41)37(45)28-15-31(42)29-16-32(43)33(44)18-35(29,4)26(28)8-9-36(27,37)5/h7,10-12,15,21-22,24-27,29-30,32-33,41,43-45H,6,8-9,13-14,16-20H2,1-5H3/b23-7-/t22-,24+,25+,26-,27+,29-,30+,32+,33-,35+,36+,37+/m0/s1. The number of imidazole rings is 1. The number of hydrogen-bond acceptors (Lipinski definition) is 9. The van der Waals surface area contributed by atoms with Crippen LogP contribution in [0.2, 0.25) is 0 Å². The Kier molecular flexibility index (Phi) is 9.82. The molecule has 6 rings (SSSR count). The van der Waals surface area contributed by atoms with Crippen LogP contribution in [0.3, 0.4) is 0 Å². The van der Waals surface area contributed by atoms with E-state index < -0.39 is 34.7 Å². The van der Waals surface area contributed by atoms with E-state index in [2.05, 4.69) is 44.2 Å². The van der Waals surface area contributed by atoms with E-state index in [4.69, 9.17) is 0 Å². The summed E-state index contributed by atoms with van der Waals surface area (Å²) in [5.74, 6) is 0.879. The first-order valence-electron chi connectivity index (χ1n) is 17.5. The van der Waals surface area contributed by atoms with Gasteiger partial charge in [0.1, 0.15) is 6.29 Å². The smallest absolute Gasteiger partial charge is 0.159 e. The van der Waals surface area contributed by atoms with E-state index in [0.29, 0.717) is 19.3 Å². The monoisotopic (exact) mass is 686 g/mol. The molecule has 4 aliphatic carbocycles. The second kappa shape index (κ2) is 13.0. The first-order chi connectivity index (χ1) is 22.2. The zero-order valence-corrected chi connectivity index (χ0v) is 30.2. The largest absolute Gasteiger partial charge is 0.393 e. The van der Waals surface area contributed by atoms with Crippen molar-refractivity contribution in [2.24, 2.45) is 45.8 Å². The van der Waals surface area contributed by atoms with Crippen molar-refractivity contribution in [1.29, 1.82) is 0 Å². The minimum atomic E-state index is -1.23. The Labute approximate surface area is 287 Å². The number of aldehydes is 1. The Bertz CT molecular complexity index is 1400. The number of aliphatic hydroxyl groups is 4. The molecule has 1 aromatic heterocycles. The minimum absolute atomic E-state index is 0.0245. The maximum atomic E-state index is 13.9. The van der Waals surface area contributed by atoms with E-state index in [1.165, 1.54) is 0 Å². The molecule has 0 radical (unpaired) electrons. The molecule has 0 aromatic carbocycles. The Morgan fingerprint density at radius 3 is 2.47 bits per heavy atom. The maximum absolute atomic E-state index is 13.9. The number of ketones is 1. The van der Waals surface area contributed by atoms with Crippen LogP contribution in [0.1, 0.15) is 92.0 Å². The molecule has 8 nitrogen and oxygen atoms in total. The van der Waals surface area contributed by atoms with Crippen LogP contribution in [0.5, 0.6) is 0 Å². The number of nitrogens with zero attached hydrogens (tertiary/aromatic N) is 2. The molecule has 2 bridgehead atoms. The average Bonchev–Trinajstić information content (AvgIpc) is 3.63. The van der Waals surface area contributed by atoms with Crippen molar-refractivity contribution < 1.29 is 30.0 Å². The Morgan fingerprint density at radius 2 is 1.77 bits per heavy atom. The van der Waals surface area contributed by atoms with Gasteiger partial charge in [-0.25, -0.2) is 4.98 Å². The fraction of sp³-hybridized carbons (Fsp3) is 0.757. The number of aliphatic hydroxyl groups excluding tert-OH is 3. The molecule has 5 aliphatic rings. The van der Waals surface area contributed by atoms with Crippen LogP contribution in [-0.4, -0.2) is 77.5 Å². The van der Waals surface area contributed by atoms with Gasteiger partial charge in [-0.2, -0.15) is 0 Å². The molecule has 4 N–H and O–H groups in total. The third-order valence-electron chi connectivity index (χ3n) is 13.7. The van der Waals surface area contributed by atoms with Crippen LogP contribution in [0.25, 0.3) is 0 Å². The molecule has 1 aliphatic heterocycles. The molecule has 0 unspecified atom stereocenters. The van der Waals surface area contributed by atoms with Gasteiger partial charge in [-0.3, -0.25) is 4.79 Å². The molecular formula is C37H54N2O6S2. The summed E-state index contributed by atoms with van der Waals surface area (Å²) in [4.78, 5) is 29.7. The van der Waals surface area contributed by atoms with Gasteiger partial charge in [0.15, 0.2) is 5.78 Å². The van der Waals surface area contributed by atoms with Crippen molar-refractivity contribution in [1.82, 2.24) is 9.55 Å². The topological polar surface area (TPSA) is 133 Å². The fourth-order valence-electron chi connectivity index (χ4n) is 10.9. The molecule has 12 atom stereocenters. The third kappa shape index (κ3) is 5.84. The second-order valence-corrected chi connectivity index (χ2v) is 19.1. The number of carbonyl (C=O) groups is 2. The van der Waals surface area contributed by atoms with Gasteiger partial charge in [-0.05, 0) is 85.2 Å². The van der Waals surface area contributed by atoms with Crippen LogP contribution < -0.4 is 0 Å². The molecule has 0 spiro atoms. The van der Waals surface area contributed by atoms with Crippen molar-refractivity contribution in [2.75, 3.05) is 11.5 Å². The zero-order chi connectivity index (χ0) is 33.9. The summed E-state index contributed by atoms with van der Waals surface area (Å²) in [7, 11) is 3.60. The lowest BCUT2D eigenvalue weighted by Crippen LogP contribution is -2.62. The Morgan fingerprint density at radius 1 is 1.02 bits per heavy atom. The van der Waals surface area contributed by atoms with Gasteiger partial charge < -0.3 is 29.8 Å². The number of allylic oxidation sites excluding steroid dienone is 2. The van der Waals surface area contributed by atoms with Crippen molar-refractivity contribution in [2.45, 2.75) is 116 Å². The first kappa shape index (κ1) is 35.4. The highest BCUT2D eigenvalue weighted by Gasteiger charge is 2.70. The molecule has 10 heteroatoms. The summed E-state index contributed by atoms with van der Waals surface area (Å²) >= 11 is 0. The van der Waals surface area contributed by atoms with Gasteiger partial charge in [0.05, 0.1) is 30.2 Å². The van der Waals surface area contributed by atoms with Crippen LogP contribution in [0, 0.1) is 45.8 Å². The molecule has 260 valence electrons. The quantitative estimate of drug-likeness (QED) is 0.183. The SMILES string of the molecule is C[C@@H]1[C@H](O)C/C(=C/CC=O)C(C)(C)C[C@@H](n2ccnc2)CSSC[C@H]2C[C@H]1[C@@]1(C)CC[C@H]3C(=CC(=O)[C@@H]4C[C@@H](O)[C@@H](O)C[C@@]43C)[C@]21O. The fourth-order valence-corrected chi connectivity index (χ4v) is 13.6. The van der Waals surface area contributed by atoms with Gasteiger partial charge in [0.25, 0.3) is 0 Å². The highest BCUT2D eigenvalue weighted by Crippen LogP contribution is 2.70. The van der Waals surface area contributed by atoms with Crippen molar-refractivity contribution >= 4 is 33.7 Å². The van der Waals surface area contributed by atoms with Gasteiger partial charge >= 0.3 is 0 Å². The van der Waals surface area contributed by atoms with Crippen LogP contribution in [0.4, 0.5) is 0 Å². The lowest BCUT2D eigenvalue weighted by molar-refractivity contribution is -0.158. The Balaban J connectivity index is 1.40. The van der Waals surface area contributed by atoms with Gasteiger partial charge in [-0.15, -0.1) is 0 Å². The van der Waals surface area contributed by atoms with Crippen molar-refractivity contribution in [3.8, 4) is 0 Å². The molecule has 47 heavy (non-hydrogen) atoms. The molecule has 0 amide bonds. The highest BCUT2D eigenvalue weighted by molar-refractivity contribution is 8.76. The zero-order valence-electron chi connectivity index (χ0n) is 28.5. The van der Waals surface area contributed by atoms with Gasteiger partial charge in [0, 0.05) is 53.6 Å². The summed E-state index contributed by atoms with van der Waals surface area (Å²) in [5.41, 5.74) is -0.679. The summed E-state index contributed by atoms with van der Waals surface area (Å²) in [6.07, 6.45) is 12.4. The van der Waals surface area contributed by atoms with Crippen LogP contribution in [0.15, 0.2) is 42.0 Å². The molecule has 2 heterocycles. The maximum Gasteiger partial charge on any atom is 0.159 e.